The van der Waals surface area contributed by atoms with Gasteiger partial charge < -0.3 is 9.64 Å². The molecule has 0 N–H and O–H groups in total. The first-order chi connectivity index (χ1) is 13.3. The summed E-state index contributed by atoms with van der Waals surface area (Å²) in [5, 5.41) is 0. The zero-order valence-corrected chi connectivity index (χ0v) is 17.8. The molecule has 0 fully saturated rings. The normalized spacial score (nSPS) is 10.7. The van der Waals surface area contributed by atoms with Crippen LogP contribution in [0.15, 0.2) is 30.3 Å². The third-order valence-electron chi connectivity index (χ3n) is 5.02. The maximum absolute atomic E-state index is 12.6. The molecule has 27 heavy (non-hydrogen) atoms. The number of amides is 1. The van der Waals surface area contributed by atoms with Gasteiger partial charge in [-0.25, -0.2) is 0 Å². The topological polar surface area (TPSA) is 29.5 Å². The van der Waals surface area contributed by atoms with E-state index in [1.807, 2.05) is 35.2 Å². The molecule has 0 heterocycles. The molecule has 1 aromatic carbocycles. The van der Waals surface area contributed by atoms with Crippen molar-refractivity contribution in [3.63, 3.8) is 0 Å². The number of nitrogens with zero attached hydrogens (tertiary/aromatic N) is 1. The Morgan fingerprint density at radius 3 is 1.74 bits per heavy atom. The third-order valence-corrected chi connectivity index (χ3v) is 5.02. The van der Waals surface area contributed by atoms with Crippen LogP contribution < -0.4 is 4.74 Å². The molecule has 0 unspecified atom stereocenters. The average Bonchev–Trinajstić information content (AvgIpc) is 2.70. The highest BCUT2D eigenvalue weighted by atomic mass is 16.5. The minimum absolute atomic E-state index is 0.126. The number of hydrogen-bond donors (Lipinski definition) is 0. The zero-order valence-electron chi connectivity index (χ0n) is 17.8. The first-order valence-electron chi connectivity index (χ1n) is 11.2. The van der Waals surface area contributed by atoms with Crippen molar-refractivity contribution in [3.8, 4) is 5.75 Å². The highest BCUT2D eigenvalue weighted by Crippen LogP contribution is 2.11. The molecule has 0 aliphatic heterocycles. The van der Waals surface area contributed by atoms with E-state index in [9.17, 15) is 4.79 Å². The smallest absolute Gasteiger partial charge is 0.260 e. The van der Waals surface area contributed by atoms with Crippen molar-refractivity contribution in [1.82, 2.24) is 4.90 Å². The Bertz CT molecular complexity index is 445. The van der Waals surface area contributed by atoms with E-state index in [0.29, 0.717) is 0 Å². The van der Waals surface area contributed by atoms with Gasteiger partial charge in [0.1, 0.15) is 5.75 Å². The highest BCUT2D eigenvalue weighted by Gasteiger charge is 2.13. The molecule has 1 aromatic rings. The quantitative estimate of drug-likeness (QED) is 0.286. The van der Waals surface area contributed by atoms with Gasteiger partial charge in [-0.05, 0) is 25.0 Å². The molecule has 0 atom stereocenters. The minimum atomic E-state index is 0.126. The second-order valence-corrected chi connectivity index (χ2v) is 7.52. The van der Waals surface area contributed by atoms with E-state index in [1.165, 1.54) is 64.2 Å². The predicted octanol–water partition coefficient (Wildman–Crippen LogP) is 6.62. The number of unbranched alkanes of at least 4 members (excludes halogenated alkanes) is 10. The van der Waals surface area contributed by atoms with E-state index in [0.717, 1.165) is 31.7 Å². The van der Waals surface area contributed by atoms with Crippen molar-refractivity contribution in [2.75, 3.05) is 19.7 Å². The lowest BCUT2D eigenvalue weighted by Gasteiger charge is -2.23. The van der Waals surface area contributed by atoms with Crippen LogP contribution >= 0.6 is 0 Å². The Balaban J connectivity index is 2.34. The Morgan fingerprint density at radius 1 is 0.741 bits per heavy atom. The van der Waals surface area contributed by atoms with Gasteiger partial charge in [-0.15, -0.1) is 0 Å². The summed E-state index contributed by atoms with van der Waals surface area (Å²) in [6, 6.07) is 9.63. The second-order valence-electron chi connectivity index (χ2n) is 7.52. The van der Waals surface area contributed by atoms with Crippen molar-refractivity contribution < 1.29 is 9.53 Å². The van der Waals surface area contributed by atoms with Crippen LogP contribution in [0.4, 0.5) is 0 Å². The Hall–Kier alpha value is -1.51. The number of ether oxygens (including phenoxy) is 1. The van der Waals surface area contributed by atoms with Crippen molar-refractivity contribution in [2.45, 2.75) is 90.9 Å². The lowest BCUT2D eigenvalue weighted by Crippen LogP contribution is -2.36. The highest BCUT2D eigenvalue weighted by molar-refractivity contribution is 5.77. The molecular formula is C24H41NO2. The van der Waals surface area contributed by atoms with E-state index in [4.69, 9.17) is 4.74 Å². The van der Waals surface area contributed by atoms with E-state index >= 15 is 0 Å². The molecule has 3 heteroatoms. The molecular weight excluding hydrogens is 334 g/mol. The van der Waals surface area contributed by atoms with E-state index in [1.54, 1.807) is 0 Å². The van der Waals surface area contributed by atoms with Crippen LogP contribution in [0.25, 0.3) is 0 Å². The molecule has 1 amide bonds. The SMILES string of the molecule is CCCCCCCCN(CCCCCCCC)C(=O)COc1ccccc1. The first-order valence-corrected chi connectivity index (χ1v) is 11.2. The van der Waals surface area contributed by atoms with Gasteiger partial charge in [-0.3, -0.25) is 4.79 Å². The molecule has 0 bridgehead atoms. The van der Waals surface area contributed by atoms with Gasteiger partial charge in [0.25, 0.3) is 5.91 Å². The summed E-state index contributed by atoms with van der Waals surface area (Å²) in [6.45, 7) is 6.38. The fraction of sp³-hybridized carbons (Fsp3) is 0.708. The number of carbonyl (C=O) groups is 1. The number of benzene rings is 1. The molecule has 3 nitrogen and oxygen atoms in total. The molecule has 154 valence electrons. The third kappa shape index (κ3) is 12.5. The average molecular weight is 376 g/mol. The summed E-state index contributed by atoms with van der Waals surface area (Å²) >= 11 is 0. The van der Waals surface area contributed by atoms with Crippen LogP contribution in [-0.2, 0) is 4.79 Å². The lowest BCUT2D eigenvalue weighted by molar-refractivity contribution is -0.133. The molecule has 0 aliphatic carbocycles. The van der Waals surface area contributed by atoms with Gasteiger partial charge in [0.05, 0.1) is 0 Å². The Morgan fingerprint density at radius 2 is 1.22 bits per heavy atom. The molecule has 0 spiro atoms. The van der Waals surface area contributed by atoms with Gasteiger partial charge >= 0.3 is 0 Å². The summed E-state index contributed by atoms with van der Waals surface area (Å²) in [5.41, 5.74) is 0. The van der Waals surface area contributed by atoms with E-state index in [-0.39, 0.29) is 12.5 Å². The second kappa shape index (κ2) is 16.6. The van der Waals surface area contributed by atoms with Gasteiger partial charge in [-0.2, -0.15) is 0 Å². The number of hydrogen-bond acceptors (Lipinski definition) is 2. The number of rotatable bonds is 17. The largest absolute Gasteiger partial charge is 0.484 e. The van der Waals surface area contributed by atoms with Crippen LogP contribution in [0.5, 0.6) is 5.75 Å². The van der Waals surface area contributed by atoms with Crippen LogP contribution in [0.2, 0.25) is 0 Å². The molecule has 0 saturated heterocycles. The van der Waals surface area contributed by atoms with Gasteiger partial charge in [0, 0.05) is 13.1 Å². The molecule has 0 aromatic heterocycles. The number of carbonyl (C=O) groups excluding carboxylic acids is 1. The van der Waals surface area contributed by atoms with Crippen molar-refractivity contribution in [3.05, 3.63) is 30.3 Å². The summed E-state index contributed by atoms with van der Waals surface area (Å²) in [6.07, 6.45) is 15.1. The van der Waals surface area contributed by atoms with Crippen LogP contribution in [-0.4, -0.2) is 30.5 Å². The van der Waals surface area contributed by atoms with E-state index in [2.05, 4.69) is 13.8 Å². The summed E-state index contributed by atoms with van der Waals surface area (Å²) < 4.78 is 5.68. The van der Waals surface area contributed by atoms with Crippen LogP contribution in [0.1, 0.15) is 90.9 Å². The maximum atomic E-state index is 12.6. The zero-order chi connectivity index (χ0) is 19.6. The standard InChI is InChI=1S/C24H41NO2/c1-3-5-7-9-11-16-20-25(21-17-12-10-8-6-4-2)24(26)22-27-23-18-14-13-15-19-23/h13-15,18-19H,3-12,16-17,20-22H2,1-2H3. The van der Waals surface area contributed by atoms with Crippen molar-refractivity contribution >= 4 is 5.91 Å². The first kappa shape index (κ1) is 23.5. The summed E-state index contributed by atoms with van der Waals surface area (Å²) in [7, 11) is 0. The molecule has 0 radical (unpaired) electrons. The van der Waals surface area contributed by atoms with Crippen molar-refractivity contribution in [1.29, 1.82) is 0 Å². The van der Waals surface area contributed by atoms with E-state index < -0.39 is 0 Å². The fourth-order valence-corrected chi connectivity index (χ4v) is 3.28. The maximum Gasteiger partial charge on any atom is 0.260 e. The lowest BCUT2D eigenvalue weighted by atomic mass is 10.1. The van der Waals surface area contributed by atoms with Crippen LogP contribution in [0, 0.1) is 0 Å². The predicted molar refractivity (Wildman–Crippen MR) is 115 cm³/mol. The van der Waals surface area contributed by atoms with Gasteiger partial charge in [-0.1, -0.05) is 96.3 Å². The molecule has 1 rings (SSSR count). The monoisotopic (exact) mass is 375 g/mol. The van der Waals surface area contributed by atoms with Gasteiger partial charge in [0.15, 0.2) is 6.61 Å². The Kier molecular flexibility index (Phi) is 14.5. The summed E-state index contributed by atoms with van der Waals surface area (Å²) in [4.78, 5) is 14.7. The van der Waals surface area contributed by atoms with Gasteiger partial charge in [0.2, 0.25) is 0 Å². The molecule has 0 saturated carbocycles. The minimum Gasteiger partial charge on any atom is -0.484 e. The van der Waals surface area contributed by atoms with Crippen molar-refractivity contribution in [2.24, 2.45) is 0 Å². The Labute approximate surface area is 167 Å². The summed E-state index contributed by atoms with van der Waals surface area (Å²) in [5.74, 6) is 0.894. The fourth-order valence-electron chi connectivity index (χ4n) is 3.28. The van der Waals surface area contributed by atoms with Crippen LogP contribution in [0.3, 0.4) is 0 Å². The molecule has 0 aliphatic rings. The number of para-hydroxylation sites is 1.